The summed E-state index contributed by atoms with van der Waals surface area (Å²) < 4.78 is 14.2. The van der Waals surface area contributed by atoms with Crippen molar-refractivity contribution in [1.82, 2.24) is 0 Å². The Bertz CT molecular complexity index is 900. The molecule has 0 atom stereocenters. The normalized spacial score (nSPS) is 16.2. The molecule has 0 amide bonds. The fraction of sp³-hybridized carbons (Fsp3) is 0.250. The van der Waals surface area contributed by atoms with Gasteiger partial charge in [-0.2, -0.15) is 0 Å². The molecule has 2 nitrogen and oxygen atoms in total. The summed E-state index contributed by atoms with van der Waals surface area (Å²) in [6.07, 6.45) is 2.07. The van der Waals surface area contributed by atoms with E-state index in [2.05, 4.69) is 6.08 Å². The Hall–Kier alpha value is -1.20. The van der Waals surface area contributed by atoms with Gasteiger partial charge in [0.1, 0.15) is 5.82 Å². The van der Waals surface area contributed by atoms with Crippen molar-refractivity contribution in [3.05, 3.63) is 74.6 Å². The van der Waals surface area contributed by atoms with Gasteiger partial charge in [0.2, 0.25) is 0 Å². The number of aliphatic imine (C=N–C) groups is 1. The zero-order valence-electron chi connectivity index (χ0n) is 15.1. The Kier molecular flexibility index (Phi) is 6.11. The summed E-state index contributed by atoms with van der Waals surface area (Å²) in [6, 6.07) is 10.0. The van der Waals surface area contributed by atoms with Crippen LogP contribution in [0.4, 0.5) is 10.1 Å². The molecule has 0 aliphatic carbocycles. The molecule has 0 unspecified atom stereocenters. The number of hydrogen-bond acceptors (Lipinski definition) is 3. The molecule has 7 heteroatoms. The van der Waals surface area contributed by atoms with Crippen molar-refractivity contribution >= 4 is 57.4 Å². The average molecular weight is 444 g/mol. The summed E-state index contributed by atoms with van der Waals surface area (Å²) in [5.41, 5.74) is 1.89. The molecule has 1 heterocycles. The minimum Gasteiger partial charge on any atom is -0.294 e. The Labute approximate surface area is 178 Å². The zero-order valence-corrected chi connectivity index (χ0v) is 18.1. The second-order valence-corrected chi connectivity index (χ2v) is 9.01. The fourth-order valence-corrected chi connectivity index (χ4v) is 5.01. The highest BCUT2D eigenvalue weighted by Crippen LogP contribution is 2.36. The molecule has 27 heavy (non-hydrogen) atoms. The largest absolute Gasteiger partial charge is 0.294 e. The van der Waals surface area contributed by atoms with Crippen molar-refractivity contribution in [3.63, 3.8) is 0 Å². The molecular formula is C20H18Cl3FN2S. The second kappa shape index (κ2) is 8.04. The number of halogens is 4. The van der Waals surface area contributed by atoms with Gasteiger partial charge >= 0.3 is 0 Å². The van der Waals surface area contributed by atoms with Crippen LogP contribution in [0.25, 0.3) is 0 Å². The summed E-state index contributed by atoms with van der Waals surface area (Å²) in [7, 11) is 0. The zero-order chi connectivity index (χ0) is 19.8. The Morgan fingerprint density at radius 3 is 2.41 bits per heavy atom. The van der Waals surface area contributed by atoms with Crippen molar-refractivity contribution in [1.29, 1.82) is 0 Å². The molecule has 0 bridgehead atoms. The van der Waals surface area contributed by atoms with Crippen LogP contribution in [-0.2, 0) is 5.75 Å². The number of rotatable bonds is 3. The average Bonchev–Trinajstić information content (AvgIpc) is 2.51. The van der Waals surface area contributed by atoms with Gasteiger partial charge in [-0.1, -0.05) is 52.6 Å². The van der Waals surface area contributed by atoms with E-state index in [0.29, 0.717) is 26.4 Å². The van der Waals surface area contributed by atoms with Gasteiger partial charge in [0.05, 0.1) is 11.2 Å². The third-order valence-electron chi connectivity index (χ3n) is 4.00. The van der Waals surface area contributed by atoms with Crippen LogP contribution in [0.1, 0.15) is 26.3 Å². The third kappa shape index (κ3) is 4.80. The summed E-state index contributed by atoms with van der Waals surface area (Å²) in [4.78, 5) is 6.81. The molecular weight excluding hydrogens is 426 g/mol. The highest BCUT2D eigenvalue weighted by atomic mass is 35.5. The van der Waals surface area contributed by atoms with Crippen LogP contribution in [0, 0.1) is 5.82 Å². The van der Waals surface area contributed by atoms with Crippen LogP contribution < -0.4 is 4.90 Å². The lowest BCUT2D eigenvalue weighted by Crippen LogP contribution is -2.35. The van der Waals surface area contributed by atoms with E-state index in [1.54, 1.807) is 18.2 Å². The first-order valence-electron chi connectivity index (χ1n) is 8.27. The lowest BCUT2D eigenvalue weighted by Gasteiger charge is -2.34. The molecule has 0 fully saturated rings. The minimum absolute atomic E-state index is 0.324. The number of nitrogens with zero attached hydrogens (tertiary/aromatic N) is 2. The van der Waals surface area contributed by atoms with Gasteiger partial charge in [0.15, 0.2) is 5.17 Å². The molecule has 2 aromatic rings. The van der Waals surface area contributed by atoms with Crippen LogP contribution in [0.15, 0.2) is 53.2 Å². The minimum atomic E-state index is -0.371. The van der Waals surface area contributed by atoms with Gasteiger partial charge in [-0.25, -0.2) is 4.39 Å². The van der Waals surface area contributed by atoms with Gasteiger partial charge < -0.3 is 0 Å². The van der Waals surface area contributed by atoms with Crippen LogP contribution in [-0.4, -0.2) is 10.7 Å². The first-order valence-corrected chi connectivity index (χ1v) is 10.4. The maximum absolute atomic E-state index is 14.2. The number of thioether (sulfide) groups is 1. The Morgan fingerprint density at radius 1 is 1.11 bits per heavy atom. The molecule has 0 aromatic heterocycles. The smallest absolute Gasteiger partial charge is 0.169 e. The summed E-state index contributed by atoms with van der Waals surface area (Å²) in [5.74, 6) is 0.0358. The predicted molar refractivity (Wildman–Crippen MR) is 117 cm³/mol. The van der Waals surface area contributed by atoms with Gasteiger partial charge in [0.25, 0.3) is 0 Å². The van der Waals surface area contributed by atoms with E-state index in [0.717, 1.165) is 16.6 Å². The number of allylic oxidation sites excluding steroid dienone is 1. The maximum atomic E-state index is 14.2. The van der Waals surface area contributed by atoms with Crippen LogP contribution in [0.2, 0.25) is 15.1 Å². The van der Waals surface area contributed by atoms with E-state index >= 15 is 0 Å². The molecule has 0 N–H and O–H groups in total. The van der Waals surface area contributed by atoms with E-state index in [9.17, 15) is 4.39 Å². The SMILES string of the molecule is CC1=CC(C)(C)N=C(SCc2c(F)cccc2Cl)N1c1cc(Cl)cc(Cl)c1. The van der Waals surface area contributed by atoms with Crippen molar-refractivity contribution < 1.29 is 4.39 Å². The van der Waals surface area contributed by atoms with Gasteiger partial charge in [0, 0.05) is 32.1 Å². The molecule has 142 valence electrons. The standard InChI is InChI=1S/C20H18Cl3FN2S/c1-12-10-20(2,3)25-19(26(12)15-8-13(21)7-14(22)9-15)27-11-16-17(23)5-4-6-18(16)24/h4-10H,11H2,1-3H3. The number of anilines is 1. The topological polar surface area (TPSA) is 15.6 Å². The lowest BCUT2D eigenvalue weighted by atomic mass is 10.0. The monoisotopic (exact) mass is 442 g/mol. The summed E-state index contributed by atoms with van der Waals surface area (Å²) in [6.45, 7) is 6.05. The van der Waals surface area contributed by atoms with Crippen molar-refractivity contribution in [2.45, 2.75) is 32.1 Å². The highest BCUT2D eigenvalue weighted by molar-refractivity contribution is 8.13. The predicted octanol–water partition coefficient (Wildman–Crippen LogP) is 7.58. The van der Waals surface area contributed by atoms with Crippen molar-refractivity contribution in [2.24, 2.45) is 4.99 Å². The van der Waals surface area contributed by atoms with E-state index in [-0.39, 0.29) is 11.4 Å². The van der Waals surface area contributed by atoms with Gasteiger partial charge in [-0.3, -0.25) is 9.89 Å². The molecule has 1 aliphatic heterocycles. The maximum Gasteiger partial charge on any atom is 0.169 e. The molecule has 3 rings (SSSR count). The Morgan fingerprint density at radius 2 is 1.78 bits per heavy atom. The summed E-state index contributed by atoms with van der Waals surface area (Å²) in [5, 5.41) is 2.22. The second-order valence-electron chi connectivity index (χ2n) is 6.79. The molecule has 0 spiro atoms. The van der Waals surface area contributed by atoms with Gasteiger partial charge in [-0.05, 0) is 57.2 Å². The molecule has 0 saturated carbocycles. The number of hydrogen-bond donors (Lipinski definition) is 0. The van der Waals surface area contributed by atoms with Crippen molar-refractivity contribution in [2.75, 3.05) is 4.90 Å². The number of amidine groups is 1. The molecule has 0 radical (unpaired) electrons. The van der Waals surface area contributed by atoms with Crippen molar-refractivity contribution in [3.8, 4) is 0 Å². The number of benzene rings is 2. The van der Waals surface area contributed by atoms with E-state index in [4.69, 9.17) is 39.8 Å². The fourth-order valence-electron chi connectivity index (χ4n) is 2.94. The van der Waals surface area contributed by atoms with Crippen LogP contribution >= 0.6 is 46.6 Å². The highest BCUT2D eigenvalue weighted by Gasteiger charge is 2.28. The first-order chi connectivity index (χ1) is 12.7. The molecule has 1 aliphatic rings. The first kappa shape index (κ1) is 20.5. The molecule has 0 saturated heterocycles. The Balaban J connectivity index is 1.97. The van der Waals surface area contributed by atoms with E-state index < -0.39 is 0 Å². The van der Waals surface area contributed by atoms with Gasteiger partial charge in [-0.15, -0.1) is 0 Å². The quantitative estimate of drug-likeness (QED) is 0.486. The summed E-state index contributed by atoms with van der Waals surface area (Å²) >= 11 is 20.0. The van der Waals surface area contributed by atoms with Crippen LogP contribution in [0.3, 0.4) is 0 Å². The lowest BCUT2D eigenvalue weighted by molar-refractivity contribution is 0.617. The van der Waals surface area contributed by atoms with Crippen LogP contribution in [0.5, 0.6) is 0 Å². The molecule has 2 aromatic carbocycles. The van der Waals surface area contributed by atoms with E-state index in [1.807, 2.05) is 37.8 Å². The van der Waals surface area contributed by atoms with E-state index in [1.165, 1.54) is 17.8 Å². The third-order valence-corrected chi connectivity index (χ3v) is 5.76.